The minimum Gasteiger partial charge on any atom is -0.746 e. The van der Waals surface area contributed by atoms with Crippen molar-refractivity contribution >= 4 is 65.7 Å². The van der Waals surface area contributed by atoms with Crippen molar-refractivity contribution in [2.24, 2.45) is 0 Å². The van der Waals surface area contributed by atoms with Crippen LogP contribution in [0.15, 0.2) is 0 Å². The van der Waals surface area contributed by atoms with Crippen molar-refractivity contribution in [1.29, 1.82) is 0 Å². The summed E-state index contributed by atoms with van der Waals surface area (Å²) in [4.78, 5) is 0. The van der Waals surface area contributed by atoms with Crippen LogP contribution in [-0.2, 0) is 20.2 Å². The summed E-state index contributed by atoms with van der Waals surface area (Å²) in [5.74, 6) is -2.62. The molecular weight excluding hydrogens is 304 g/mol. The number of hydrogen-bond donors (Lipinski definition) is 2. The van der Waals surface area contributed by atoms with Crippen molar-refractivity contribution < 1.29 is 36.2 Å². The molecule has 0 aliphatic carbocycles. The summed E-state index contributed by atoms with van der Waals surface area (Å²) >= 11 is 0. The van der Waals surface area contributed by atoms with E-state index in [0.29, 0.717) is 0 Å². The van der Waals surface area contributed by atoms with Gasteiger partial charge in [0.15, 0.2) is 0 Å². The molecule has 0 saturated heterocycles. The van der Waals surface area contributed by atoms with E-state index in [1.54, 1.807) is 0 Å². The van der Waals surface area contributed by atoms with Crippen molar-refractivity contribution in [3.63, 3.8) is 0 Å². The van der Waals surface area contributed by atoms with E-state index in [-0.39, 0.29) is 45.5 Å². The van der Waals surface area contributed by atoms with Crippen LogP contribution < -0.4 is 0 Å². The molecule has 0 heterocycles. The predicted molar refractivity (Wildman–Crippen MR) is 39.3 cm³/mol. The first-order valence-corrected chi connectivity index (χ1v) is 5.36. The summed E-state index contributed by atoms with van der Waals surface area (Å²) in [6.45, 7) is 0. The Kier molecular flexibility index (Phi) is 12.9. The molecular formula is C2H6O8S2Sr. The average Bonchev–Trinajstić information content (AvgIpc) is 1.86. The Morgan fingerprint density at radius 2 is 0.923 bits per heavy atom. The third kappa shape index (κ3) is 31.9. The number of aliphatic hydroxyl groups excluding tert-OH is 2. The van der Waals surface area contributed by atoms with E-state index in [0.717, 1.165) is 0 Å². The smallest absolute Gasteiger partial charge is 0.746 e. The SMILES string of the molecule is O=S(=O)([O-])CO.O=S(=O)([O-])CO.[Sr+2]. The Morgan fingerprint density at radius 1 is 0.846 bits per heavy atom. The zero-order valence-electron chi connectivity index (χ0n) is 6.28. The fourth-order valence-corrected chi connectivity index (χ4v) is 0. The van der Waals surface area contributed by atoms with Gasteiger partial charge in [-0.1, -0.05) is 0 Å². The molecule has 0 unspecified atom stereocenters. The van der Waals surface area contributed by atoms with Crippen LogP contribution in [0.25, 0.3) is 0 Å². The largest absolute Gasteiger partial charge is 2.00 e. The van der Waals surface area contributed by atoms with Crippen LogP contribution in [0.1, 0.15) is 0 Å². The van der Waals surface area contributed by atoms with E-state index in [2.05, 4.69) is 0 Å². The van der Waals surface area contributed by atoms with Gasteiger partial charge in [-0.3, -0.25) is 0 Å². The van der Waals surface area contributed by atoms with Gasteiger partial charge >= 0.3 is 45.5 Å². The summed E-state index contributed by atoms with van der Waals surface area (Å²) in [6, 6.07) is 0. The molecule has 11 heteroatoms. The second-order valence-electron chi connectivity index (χ2n) is 1.37. The van der Waals surface area contributed by atoms with Crippen molar-refractivity contribution in [3.05, 3.63) is 0 Å². The monoisotopic (exact) mass is 310 g/mol. The van der Waals surface area contributed by atoms with Gasteiger partial charge in [0.05, 0.1) is 0 Å². The number of aliphatic hydroxyl groups is 2. The molecule has 0 atom stereocenters. The first kappa shape index (κ1) is 19.7. The second kappa shape index (κ2) is 8.52. The van der Waals surface area contributed by atoms with Crippen LogP contribution in [0, 0.1) is 0 Å². The molecule has 0 spiro atoms. The van der Waals surface area contributed by atoms with E-state index < -0.39 is 32.1 Å². The van der Waals surface area contributed by atoms with Gasteiger partial charge in [0, 0.05) is 0 Å². The summed E-state index contributed by atoms with van der Waals surface area (Å²) in [5, 5.41) is 15.0. The van der Waals surface area contributed by atoms with Crippen LogP contribution in [-0.4, -0.2) is 93.5 Å². The zero-order chi connectivity index (χ0) is 10.4. The van der Waals surface area contributed by atoms with E-state index >= 15 is 0 Å². The Labute approximate surface area is 112 Å². The van der Waals surface area contributed by atoms with Gasteiger partial charge < -0.3 is 19.3 Å². The van der Waals surface area contributed by atoms with Gasteiger partial charge in [0.2, 0.25) is 0 Å². The molecule has 2 N–H and O–H groups in total. The molecule has 0 saturated carbocycles. The maximum atomic E-state index is 9.19. The fourth-order valence-electron chi connectivity index (χ4n) is 0. The van der Waals surface area contributed by atoms with Crippen LogP contribution in [0.2, 0.25) is 0 Å². The number of rotatable bonds is 2. The van der Waals surface area contributed by atoms with E-state index in [1.807, 2.05) is 0 Å². The predicted octanol–water partition coefficient (Wildman–Crippen LogP) is -3.42. The summed E-state index contributed by atoms with van der Waals surface area (Å²) < 4.78 is 55.2. The quantitative estimate of drug-likeness (QED) is 0.394. The first-order valence-electron chi connectivity index (χ1n) is 2.21. The minimum atomic E-state index is -4.36. The molecule has 0 aromatic rings. The van der Waals surface area contributed by atoms with Gasteiger partial charge in [-0.2, -0.15) is 0 Å². The van der Waals surface area contributed by atoms with Crippen LogP contribution in [0.4, 0.5) is 0 Å². The van der Waals surface area contributed by atoms with Crippen molar-refractivity contribution in [1.82, 2.24) is 0 Å². The summed E-state index contributed by atoms with van der Waals surface area (Å²) in [6.07, 6.45) is 0. The molecule has 0 aromatic heterocycles. The molecule has 0 rings (SSSR count). The average molecular weight is 310 g/mol. The molecule has 0 aliphatic rings. The van der Waals surface area contributed by atoms with Crippen molar-refractivity contribution in [2.45, 2.75) is 0 Å². The van der Waals surface area contributed by atoms with E-state index in [9.17, 15) is 25.9 Å². The third-order valence-electron chi connectivity index (χ3n) is 0.316. The Hall–Kier alpha value is 1.22. The Bertz CT molecular complexity index is 256. The van der Waals surface area contributed by atoms with Crippen molar-refractivity contribution in [3.8, 4) is 0 Å². The third-order valence-corrected chi connectivity index (χ3v) is 0.949. The van der Waals surface area contributed by atoms with Gasteiger partial charge in [-0.05, 0) is 0 Å². The molecule has 0 radical (unpaired) electrons. The van der Waals surface area contributed by atoms with Gasteiger partial charge in [0.1, 0.15) is 32.1 Å². The van der Waals surface area contributed by atoms with Gasteiger partial charge in [-0.15, -0.1) is 0 Å². The molecule has 76 valence electrons. The molecule has 0 fully saturated rings. The minimum absolute atomic E-state index is 0. The maximum absolute atomic E-state index is 9.19. The van der Waals surface area contributed by atoms with E-state index in [1.165, 1.54) is 0 Å². The number of hydrogen-bond acceptors (Lipinski definition) is 8. The Balaban J connectivity index is -0.000000143. The molecule has 13 heavy (non-hydrogen) atoms. The summed E-state index contributed by atoms with van der Waals surface area (Å²) in [5.41, 5.74) is 0. The molecule has 0 aliphatic heterocycles. The topological polar surface area (TPSA) is 155 Å². The maximum Gasteiger partial charge on any atom is 2.00 e. The second-order valence-corrected chi connectivity index (χ2v) is 4.12. The molecule has 8 nitrogen and oxygen atoms in total. The van der Waals surface area contributed by atoms with Crippen molar-refractivity contribution in [2.75, 3.05) is 11.9 Å². The van der Waals surface area contributed by atoms with E-state index in [4.69, 9.17) is 10.2 Å². The van der Waals surface area contributed by atoms with Gasteiger partial charge in [-0.25, -0.2) is 16.8 Å². The Morgan fingerprint density at radius 3 is 0.923 bits per heavy atom. The molecule has 0 aromatic carbocycles. The first-order chi connectivity index (χ1) is 5.12. The van der Waals surface area contributed by atoms with Gasteiger partial charge in [0.25, 0.3) is 0 Å². The zero-order valence-corrected chi connectivity index (χ0v) is 11.4. The molecule has 0 bridgehead atoms. The van der Waals surface area contributed by atoms with Crippen LogP contribution in [0.3, 0.4) is 0 Å². The van der Waals surface area contributed by atoms with Crippen LogP contribution >= 0.6 is 0 Å². The standard InChI is InChI=1S/2CH4O4S.Sr/c2*2-1-6(3,4)5;/h2*2H,1H2,(H,3,4,5);/q;;+2/p-2. The molecule has 0 amide bonds. The normalized spacial score (nSPS) is 10.8. The van der Waals surface area contributed by atoms with Crippen LogP contribution in [0.5, 0.6) is 0 Å². The fraction of sp³-hybridized carbons (Fsp3) is 1.00. The summed E-state index contributed by atoms with van der Waals surface area (Å²) in [7, 11) is -8.71.